The molecule has 3 aromatic rings. The smallest absolute Gasteiger partial charge is 0.293 e. The molecule has 22 heavy (non-hydrogen) atoms. The fourth-order valence-corrected chi connectivity index (χ4v) is 2.42. The summed E-state index contributed by atoms with van der Waals surface area (Å²) < 4.78 is 16.2. The van der Waals surface area contributed by atoms with Crippen LogP contribution in [0.3, 0.4) is 0 Å². The van der Waals surface area contributed by atoms with E-state index in [2.05, 4.69) is 4.98 Å². The van der Waals surface area contributed by atoms with Gasteiger partial charge in [0.15, 0.2) is 17.3 Å². The number of ether oxygens (including phenoxy) is 2. The summed E-state index contributed by atoms with van der Waals surface area (Å²) in [5, 5.41) is 0.101. The molecule has 0 spiro atoms. The largest absolute Gasteiger partial charge is 0.493 e. The highest BCUT2D eigenvalue weighted by atomic mass is 35.5. The number of halogens is 1. The minimum atomic E-state index is 0.101. The van der Waals surface area contributed by atoms with E-state index in [0.29, 0.717) is 23.0 Å². The van der Waals surface area contributed by atoms with Crippen molar-refractivity contribution >= 4 is 11.6 Å². The summed E-state index contributed by atoms with van der Waals surface area (Å²) in [4.78, 5) is 4.28. The number of aromatic nitrogens is 1. The predicted octanol–water partition coefficient (Wildman–Crippen LogP) is 4.68. The SMILES string of the molecule is COc1ccc(-c2oc(Cl)nc2-c2ccccc2)cc1OC. The Bertz CT molecular complexity index is 784. The maximum absolute atomic E-state index is 5.96. The van der Waals surface area contributed by atoms with Crippen molar-refractivity contribution in [3.63, 3.8) is 0 Å². The zero-order chi connectivity index (χ0) is 15.5. The first-order valence-corrected chi connectivity index (χ1v) is 7.05. The Morgan fingerprint density at radius 1 is 0.909 bits per heavy atom. The van der Waals surface area contributed by atoms with E-state index in [-0.39, 0.29) is 5.35 Å². The lowest BCUT2D eigenvalue weighted by Crippen LogP contribution is -1.91. The average Bonchev–Trinajstić information content (AvgIpc) is 2.97. The van der Waals surface area contributed by atoms with Crippen LogP contribution in [-0.4, -0.2) is 19.2 Å². The van der Waals surface area contributed by atoms with Crippen molar-refractivity contribution in [1.82, 2.24) is 4.98 Å². The average molecular weight is 316 g/mol. The summed E-state index contributed by atoms with van der Waals surface area (Å²) in [7, 11) is 3.19. The first kappa shape index (κ1) is 14.5. The van der Waals surface area contributed by atoms with E-state index >= 15 is 0 Å². The normalized spacial score (nSPS) is 10.5. The van der Waals surface area contributed by atoms with Gasteiger partial charge in [-0.3, -0.25) is 0 Å². The molecule has 3 rings (SSSR count). The number of hydrogen-bond donors (Lipinski definition) is 0. The molecule has 0 N–H and O–H groups in total. The lowest BCUT2D eigenvalue weighted by atomic mass is 10.1. The van der Waals surface area contributed by atoms with Gasteiger partial charge in [-0.2, -0.15) is 4.98 Å². The van der Waals surface area contributed by atoms with Crippen molar-refractivity contribution < 1.29 is 13.9 Å². The Kier molecular flexibility index (Phi) is 4.02. The Morgan fingerprint density at radius 3 is 2.32 bits per heavy atom. The van der Waals surface area contributed by atoms with Gasteiger partial charge in [-0.1, -0.05) is 30.3 Å². The van der Waals surface area contributed by atoms with Gasteiger partial charge < -0.3 is 13.9 Å². The van der Waals surface area contributed by atoms with E-state index < -0.39 is 0 Å². The molecule has 5 heteroatoms. The van der Waals surface area contributed by atoms with Crippen LogP contribution in [0.2, 0.25) is 5.35 Å². The van der Waals surface area contributed by atoms with Gasteiger partial charge in [-0.15, -0.1) is 0 Å². The molecule has 0 aliphatic heterocycles. The second-order valence-electron chi connectivity index (χ2n) is 4.58. The van der Waals surface area contributed by atoms with Gasteiger partial charge >= 0.3 is 0 Å². The maximum atomic E-state index is 5.96. The summed E-state index contributed by atoms with van der Waals surface area (Å²) in [5.41, 5.74) is 2.44. The molecule has 1 aromatic heterocycles. The molecule has 112 valence electrons. The predicted molar refractivity (Wildman–Crippen MR) is 85.5 cm³/mol. The van der Waals surface area contributed by atoms with Gasteiger partial charge in [0.25, 0.3) is 5.35 Å². The number of nitrogens with zero attached hydrogens (tertiary/aromatic N) is 1. The third-order valence-electron chi connectivity index (χ3n) is 3.29. The molecule has 0 amide bonds. The highest BCUT2D eigenvalue weighted by molar-refractivity contribution is 6.28. The van der Waals surface area contributed by atoms with E-state index in [0.717, 1.165) is 11.1 Å². The summed E-state index contributed by atoms with van der Waals surface area (Å²) in [6, 6.07) is 15.3. The van der Waals surface area contributed by atoms with Crippen LogP contribution in [0.15, 0.2) is 52.9 Å². The van der Waals surface area contributed by atoms with Gasteiger partial charge in [0.1, 0.15) is 5.69 Å². The molecule has 0 aliphatic carbocycles. The molecule has 0 fully saturated rings. The zero-order valence-corrected chi connectivity index (χ0v) is 12.9. The van der Waals surface area contributed by atoms with E-state index in [1.165, 1.54) is 0 Å². The summed E-state index contributed by atoms with van der Waals surface area (Å²) in [6.45, 7) is 0. The van der Waals surface area contributed by atoms with Crippen molar-refractivity contribution in [2.75, 3.05) is 14.2 Å². The Morgan fingerprint density at radius 2 is 1.64 bits per heavy atom. The van der Waals surface area contributed by atoms with E-state index in [9.17, 15) is 0 Å². The van der Waals surface area contributed by atoms with Crippen molar-refractivity contribution in [2.45, 2.75) is 0 Å². The van der Waals surface area contributed by atoms with Gasteiger partial charge in [0.05, 0.1) is 14.2 Å². The minimum Gasteiger partial charge on any atom is -0.493 e. The first-order chi connectivity index (χ1) is 10.7. The van der Waals surface area contributed by atoms with Crippen LogP contribution in [0.25, 0.3) is 22.6 Å². The number of rotatable bonds is 4. The van der Waals surface area contributed by atoms with Crippen LogP contribution in [-0.2, 0) is 0 Å². The number of methoxy groups -OCH3 is 2. The monoisotopic (exact) mass is 315 g/mol. The summed E-state index contributed by atoms with van der Waals surface area (Å²) in [6.07, 6.45) is 0. The fraction of sp³-hybridized carbons (Fsp3) is 0.118. The molecule has 0 bridgehead atoms. The Hall–Kier alpha value is -2.46. The Balaban J connectivity index is 2.13. The number of benzene rings is 2. The van der Waals surface area contributed by atoms with Crippen LogP contribution in [0, 0.1) is 0 Å². The van der Waals surface area contributed by atoms with Crippen LogP contribution in [0.5, 0.6) is 11.5 Å². The lowest BCUT2D eigenvalue weighted by molar-refractivity contribution is 0.355. The van der Waals surface area contributed by atoms with Crippen molar-refractivity contribution in [1.29, 1.82) is 0 Å². The van der Waals surface area contributed by atoms with Crippen molar-refractivity contribution in [3.8, 4) is 34.1 Å². The van der Waals surface area contributed by atoms with Crippen LogP contribution in [0.1, 0.15) is 0 Å². The molecule has 0 unspecified atom stereocenters. The first-order valence-electron chi connectivity index (χ1n) is 6.67. The summed E-state index contributed by atoms with van der Waals surface area (Å²) in [5.74, 6) is 1.86. The topological polar surface area (TPSA) is 44.5 Å². The van der Waals surface area contributed by atoms with Gasteiger partial charge in [-0.25, -0.2) is 0 Å². The molecule has 0 atom stereocenters. The lowest BCUT2D eigenvalue weighted by Gasteiger charge is -2.09. The van der Waals surface area contributed by atoms with Crippen LogP contribution < -0.4 is 9.47 Å². The van der Waals surface area contributed by atoms with Crippen molar-refractivity contribution in [3.05, 3.63) is 53.9 Å². The number of oxazole rings is 1. The molecular weight excluding hydrogens is 302 g/mol. The second kappa shape index (κ2) is 6.12. The third kappa shape index (κ3) is 2.65. The van der Waals surface area contributed by atoms with Crippen molar-refractivity contribution in [2.24, 2.45) is 0 Å². The van der Waals surface area contributed by atoms with Crippen LogP contribution in [0.4, 0.5) is 0 Å². The fourth-order valence-electron chi connectivity index (χ4n) is 2.26. The van der Waals surface area contributed by atoms with E-state index in [4.69, 9.17) is 25.5 Å². The standard InChI is InChI=1S/C17H14ClNO3/c1-20-13-9-8-12(10-14(13)21-2)16-15(19-17(18)22-16)11-6-4-3-5-7-11/h3-10H,1-2H3. The molecule has 0 aliphatic rings. The van der Waals surface area contributed by atoms with E-state index in [1.54, 1.807) is 14.2 Å². The van der Waals surface area contributed by atoms with Gasteiger partial charge in [0, 0.05) is 11.1 Å². The van der Waals surface area contributed by atoms with Gasteiger partial charge in [-0.05, 0) is 29.8 Å². The quantitative estimate of drug-likeness (QED) is 0.701. The van der Waals surface area contributed by atoms with Gasteiger partial charge in [0.2, 0.25) is 0 Å². The molecule has 0 radical (unpaired) electrons. The molecule has 2 aromatic carbocycles. The second-order valence-corrected chi connectivity index (χ2v) is 4.90. The molecular formula is C17H14ClNO3. The Labute approximate surface area is 133 Å². The highest BCUT2D eigenvalue weighted by Gasteiger charge is 2.17. The molecule has 4 nitrogen and oxygen atoms in total. The third-order valence-corrected chi connectivity index (χ3v) is 3.46. The van der Waals surface area contributed by atoms with E-state index in [1.807, 2.05) is 48.5 Å². The minimum absolute atomic E-state index is 0.101. The molecule has 1 heterocycles. The maximum Gasteiger partial charge on any atom is 0.293 e. The molecule has 0 saturated carbocycles. The molecule has 0 saturated heterocycles. The zero-order valence-electron chi connectivity index (χ0n) is 12.2. The highest BCUT2D eigenvalue weighted by Crippen LogP contribution is 2.38. The number of hydrogen-bond acceptors (Lipinski definition) is 4. The summed E-state index contributed by atoms with van der Waals surface area (Å²) >= 11 is 5.96. The van der Waals surface area contributed by atoms with Crippen LogP contribution >= 0.6 is 11.6 Å².